The van der Waals surface area contributed by atoms with Gasteiger partial charge in [-0.3, -0.25) is 4.79 Å². The average molecular weight is 396 g/mol. The number of aromatic nitrogens is 1. The lowest BCUT2D eigenvalue weighted by molar-refractivity contribution is 0.0594. The lowest BCUT2D eigenvalue weighted by Crippen LogP contribution is -2.40. The Morgan fingerprint density at radius 3 is 2.26 bits per heavy atom. The van der Waals surface area contributed by atoms with E-state index in [0.29, 0.717) is 11.3 Å². The van der Waals surface area contributed by atoms with Crippen molar-refractivity contribution in [1.82, 2.24) is 9.29 Å². The summed E-state index contributed by atoms with van der Waals surface area (Å²) in [7, 11) is -1.50. The smallest absolute Gasteiger partial charge is 0.354 e. The first-order valence-electron chi connectivity index (χ1n) is 8.07. The summed E-state index contributed by atoms with van der Waals surface area (Å²) >= 11 is 0. The van der Waals surface area contributed by atoms with Gasteiger partial charge in [-0.1, -0.05) is 0 Å². The van der Waals surface area contributed by atoms with Crippen molar-refractivity contribution in [2.75, 3.05) is 14.2 Å². The highest BCUT2D eigenvalue weighted by molar-refractivity contribution is 7.89. The van der Waals surface area contributed by atoms with E-state index in [1.807, 2.05) is 0 Å². The van der Waals surface area contributed by atoms with Gasteiger partial charge < -0.3 is 9.72 Å². The second-order valence-electron chi connectivity index (χ2n) is 6.13. The number of rotatable bonds is 6. The standard InChI is InChI=1S/C18H21FN2O5S/c1-10-15(11(2)20-16(10)18(23)26-5)17(22)12(3)21(4)27(24,25)14-8-6-13(19)7-9-14/h6-9,12,20H,1-5H3. The molecule has 0 spiro atoms. The van der Waals surface area contributed by atoms with E-state index < -0.39 is 33.6 Å². The van der Waals surface area contributed by atoms with Gasteiger partial charge in [0.05, 0.1) is 18.0 Å². The molecule has 0 bridgehead atoms. The molecule has 2 rings (SSSR count). The van der Waals surface area contributed by atoms with Crippen LogP contribution < -0.4 is 0 Å². The maximum atomic E-state index is 13.1. The zero-order valence-electron chi connectivity index (χ0n) is 15.7. The topological polar surface area (TPSA) is 96.5 Å². The fourth-order valence-electron chi connectivity index (χ4n) is 2.78. The Labute approximate surface area is 157 Å². The number of nitrogens with one attached hydrogen (secondary N) is 1. The maximum Gasteiger partial charge on any atom is 0.354 e. The predicted molar refractivity (Wildman–Crippen MR) is 96.7 cm³/mol. The maximum absolute atomic E-state index is 13.1. The predicted octanol–water partition coefficient (Wildman–Crippen LogP) is 2.45. The lowest BCUT2D eigenvalue weighted by Gasteiger charge is -2.23. The first-order valence-corrected chi connectivity index (χ1v) is 9.51. The van der Waals surface area contributed by atoms with Crippen LogP contribution in [0.4, 0.5) is 4.39 Å². The van der Waals surface area contributed by atoms with Crippen molar-refractivity contribution in [3.05, 3.63) is 52.6 Å². The molecular weight excluding hydrogens is 375 g/mol. The highest BCUT2D eigenvalue weighted by atomic mass is 32.2. The van der Waals surface area contributed by atoms with E-state index in [1.54, 1.807) is 13.8 Å². The monoisotopic (exact) mass is 396 g/mol. The summed E-state index contributed by atoms with van der Waals surface area (Å²) in [6.45, 7) is 4.66. The van der Waals surface area contributed by atoms with Crippen LogP contribution in [-0.2, 0) is 14.8 Å². The number of likely N-dealkylation sites (N-methyl/N-ethyl adjacent to an activating group) is 1. The minimum Gasteiger partial charge on any atom is -0.464 e. The molecule has 0 radical (unpaired) electrons. The van der Waals surface area contributed by atoms with Crippen molar-refractivity contribution in [2.24, 2.45) is 0 Å². The minimum atomic E-state index is -4.00. The molecule has 9 heteroatoms. The molecule has 0 saturated heterocycles. The summed E-state index contributed by atoms with van der Waals surface area (Å²) in [5.41, 5.74) is 1.22. The van der Waals surface area contributed by atoms with Crippen LogP contribution in [0.2, 0.25) is 0 Å². The number of aryl methyl sites for hydroxylation is 1. The summed E-state index contributed by atoms with van der Waals surface area (Å²) in [4.78, 5) is 27.4. The van der Waals surface area contributed by atoms with Crippen LogP contribution in [0.25, 0.3) is 0 Å². The van der Waals surface area contributed by atoms with Gasteiger partial charge in [0.25, 0.3) is 0 Å². The van der Waals surface area contributed by atoms with Crippen molar-refractivity contribution < 1.29 is 27.1 Å². The number of carbonyl (C=O) groups is 2. The highest BCUT2D eigenvalue weighted by Gasteiger charge is 2.33. The van der Waals surface area contributed by atoms with E-state index in [2.05, 4.69) is 9.72 Å². The van der Waals surface area contributed by atoms with Crippen molar-refractivity contribution in [3.8, 4) is 0 Å². The third kappa shape index (κ3) is 3.79. The molecule has 27 heavy (non-hydrogen) atoms. The zero-order valence-corrected chi connectivity index (χ0v) is 16.5. The molecule has 0 aliphatic carbocycles. The molecule has 1 N–H and O–H groups in total. The van der Waals surface area contributed by atoms with Crippen LogP contribution in [0, 0.1) is 19.7 Å². The van der Waals surface area contributed by atoms with E-state index in [0.717, 1.165) is 28.6 Å². The molecule has 1 aromatic carbocycles. The Bertz CT molecular complexity index is 980. The molecule has 0 amide bonds. The number of hydrogen-bond donors (Lipinski definition) is 1. The van der Waals surface area contributed by atoms with Gasteiger partial charge >= 0.3 is 5.97 Å². The van der Waals surface area contributed by atoms with Crippen LogP contribution in [0.5, 0.6) is 0 Å². The van der Waals surface area contributed by atoms with Crippen LogP contribution in [0.15, 0.2) is 29.2 Å². The fourth-order valence-corrected chi connectivity index (χ4v) is 4.11. The molecule has 0 aliphatic rings. The number of hydrogen-bond acceptors (Lipinski definition) is 5. The molecule has 2 aromatic rings. The molecule has 7 nitrogen and oxygen atoms in total. The van der Waals surface area contributed by atoms with Gasteiger partial charge in [-0.2, -0.15) is 4.31 Å². The number of carbonyl (C=O) groups excluding carboxylic acids is 2. The Morgan fingerprint density at radius 2 is 1.74 bits per heavy atom. The first kappa shape index (κ1) is 20.8. The molecular formula is C18H21FN2O5S. The minimum absolute atomic E-state index is 0.121. The summed E-state index contributed by atoms with van der Waals surface area (Å²) < 4.78 is 44.1. The summed E-state index contributed by atoms with van der Waals surface area (Å²) in [6, 6.07) is 3.31. The van der Waals surface area contributed by atoms with Crippen molar-refractivity contribution >= 4 is 21.8 Å². The Kier molecular flexibility index (Phi) is 5.86. The Balaban J connectivity index is 2.38. The van der Waals surface area contributed by atoms with E-state index in [9.17, 15) is 22.4 Å². The number of Topliss-reactive ketones (excluding diaryl/α,β-unsaturated/α-hetero) is 1. The highest BCUT2D eigenvalue weighted by Crippen LogP contribution is 2.24. The third-order valence-electron chi connectivity index (χ3n) is 4.49. The normalized spacial score (nSPS) is 12.9. The number of ether oxygens (including phenoxy) is 1. The van der Waals surface area contributed by atoms with E-state index in [1.165, 1.54) is 21.1 Å². The van der Waals surface area contributed by atoms with Gasteiger partial charge in [0.15, 0.2) is 5.78 Å². The van der Waals surface area contributed by atoms with Crippen LogP contribution in [0.1, 0.15) is 39.0 Å². The molecule has 1 heterocycles. The van der Waals surface area contributed by atoms with Gasteiger partial charge in [0.1, 0.15) is 11.5 Å². The molecule has 146 valence electrons. The summed E-state index contributed by atoms with van der Waals surface area (Å²) in [6.07, 6.45) is 0. The number of benzene rings is 1. The van der Waals surface area contributed by atoms with Gasteiger partial charge in [0.2, 0.25) is 10.0 Å². The molecule has 0 saturated carbocycles. The van der Waals surface area contributed by atoms with Crippen LogP contribution in [0.3, 0.4) is 0 Å². The lowest BCUT2D eigenvalue weighted by atomic mass is 10.0. The molecule has 1 unspecified atom stereocenters. The fraction of sp³-hybridized carbons (Fsp3) is 0.333. The molecule has 1 aromatic heterocycles. The quantitative estimate of drug-likeness (QED) is 0.598. The first-order chi connectivity index (χ1) is 12.5. The molecule has 0 aliphatic heterocycles. The number of H-pyrrole nitrogens is 1. The van der Waals surface area contributed by atoms with E-state index in [-0.39, 0.29) is 16.2 Å². The van der Waals surface area contributed by atoms with Gasteiger partial charge in [-0.05, 0) is 50.6 Å². The number of methoxy groups -OCH3 is 1. The number of aromatic amines is 1. The molecule has 0 fully saturated rings. The van der Waals surface area contributed by atoms with Gasteiger partial charge in [-0.25, -0.2) is 17.6 Å². The van der Waals surface area contributed by atoms with Gasteiger partial charge in [-0.15, -0.1) is 0 Å². The Morgan fingerprint density at radius 1 is 1.19 bits per heavy atom. The number of sulfonamides is 1. The van der Waals surface area contributed by atoms with Gasteiger partial charge in [0, 0.05) is 18.3 Å². The zero-order chi connectivity index (χ0) is 20.5. The SMILES string of the molecule is COC(=O)c1[nH]c(C)c(C(=O)C(C)N(C)S(=O)(=O)c2ccc(F)cc2)c1C. The largest absolute Gasteiger partial charge is 0.464 e. The number of ketones is 1. The third-order valence-corrected chi connectivity index (χ3v) is 6.43. The number of esters is 1. The second kappa shape index (κ2) is 7.61. The summed E-state index contributed by atoms with van der Waals surface area (Å²) in [5, 5.41) is 0. The molecule has 1 atom stereocenters. The van der Waals surface area contributed by atoms with Crippen LogP contribution in [-0.4, -0.2) is 49.7 Å². The Hall–Kier alpha value is -2.52. The number of halogens is 1. The van der Waals surface area contributed by atoms with Crippen molar-refractivity contribution in [1.29, 1.82) is 0 Å². The van der Waals surface area contributed by atoms with Crippen molar-refractivity contribution in [3.63, 3.8) is 0 Å². The van der Waals surface area contributed by atoms with Crippen LogP contribution >= 0.6 is 0 Å². The second-order valence-corrected chi connectivity index (χ2v) is 8.13. The van der Waals surface area contributed by atoms with E-state index in [4.69, 9.17) is 0 Å². The number of nitrogens with zero attached hydrogens (tertiary/aromatic N) is 1. The van der Waals surface area contributed by atoms with Crippen molar-refractivity contribution in [2.45, 2.75) is 31.7 Å². The average Bonchev–Trinajstić information content (AvgIpc) is 2.93. The summed E-state index contributed by atoms with van der Waals surface area (Å²) in [5.74, 6) is -1.64. The van der Waals surface area contributed by atoms with E-state index >= 15 is 0 Å².